The van der Waals surface area contributed by atoms with Gasteiger partial charge < -0.3 is 10.1 Å². The van der Waals surface area contributed by atoms with Gasteiger partial charge in [-0.15, -0.1) is 0 Å². The molecule has 0 bridgehead atoms. The number of carbonyl (C=O) groups excluding carboxylic acids is 1. The molecule has 7 heteroatoms. The molecule has 0 saturated carbocycles. The van der Waals surface area contributed by atoms with Gasteiger partial charge in [-0.05, 0) is 56.2 Å². The van der Waals surface area contributed by atoms with E-state index in [1.807, 2.05) is 6.92 Å². The van der Waals surface area contributed by atoms with Gasteiger partial charge in [0.25, 0.3) is 5.91 Å². The lowest BCUT2D eigenvalue weighted by atomic mass is 10.2. The smallest absolute Gasteiger partial charge is 0.251 e. The Morgan fingerprint density at radius 2 is 1.85 bits per heavy atom. The van der Waals surface area contributed by atoms with E-state index in [9.17, 15) is 13.2 Å². The summed E-state index contributed by atoms with van der Waals surface area (Å²) >= 11 is 0. The van der Waals surface area contributed by atoms with Crippen LogP contribution < -0.4 is 10.1 Å². The van der Waals surface area contributed by atoms with Crippen LogP contribution in [0.1, 0.15) is 30.1 Å². The van der Waals surface area contributed by atoms with Gasteiger partial charge in [0.2, 0.25) is 10.0 Å². The lowest BCUT2D eigenvalue weighted by Crippen LogP contribution is -2.43. The number of sulfonamides is 1. The monoisotopic (exact) mass is 388 g/mol. The number of nitrogens with zero attached hydrogens (tertiary/aromatic N) is 1. The van der Waals surface area contributed by atoms with E-state index in [1.165, 1.54) is 4.31 Å². The molecule has 2 aromatic carbocycles. The molecule has 0 aliphatic carbocycles. The molecule has 1 atom stereocenters. The predicted molar refractivity (Wildman–Crippen MR) is 103 cm³/mol. The summed E-state index contributed by atoms with van der Waals surface area (Å²) in [6.45, 7) is 3.23. The molecule has 0 aromatic heterocycles. The van der Waals surface area contributed by atoms with Gasteiger partial charge in [0.1, 0.15) is 5.75 Å². The summed E-state index contributed by atoms with van der Waals surface area (Å²) in [6.07, 6.45) is 1.52. The number of hydrogen-bond donors (Lipinski definition) is 1. The highest BCUT2D eigenvalue weighted by Crippen LogP contribution is 2.25. The van der Waals surface area contributed by atoms with Gasteiger partial charge in [-0.3, -0.25) is 4.79 Å². The first-order valence-corrected chi connectivity index (χ1v) is 10.5. The van der Waals surface area contributed by atoms with Crippen molar-refractivity contribution in [1.29, 1.82) is 0 Å². The zero-order chi connectivity index (χ0) is 19.3. The predicted octanol–water partition coefficient (Wildman–Crippen LogP) is 2.67. The molecule has 27 heavy (non-hydrogen) atoms. The largest absolute Gasteiger partial charge is 0.494 e. The first kappa shape index (κ1) is 19.4. The maximum atomic E-state index is 12.9. The molecule has 1 unspecified atom stereocenters. The molecule has 2 aromatic rings. The highest BCUT2D eigenvalue weighted by molar-refractivity contribution is 7.89. The van der Waals surface area contributed by atoms with Gasteiger partial charge in [-0.2, -0.15) is 4.31 Å². The maximum Gasteiger partial charge on any atom is 0.251 e. The molecule has 3 rings (SSSR count). The van der Waals surface area contributed by atoms with E-state index >= 15 is 0 Å². The van der Waals surface area contributed by atoms with Crippen LogP contribution in [0.4, 0.5) is 0 Å². The van der Waals surface area contributed by atoms with E-state index in [4.69, 9.17) is 4.74 Å². The Hall–Kier alpha value is -2.38. The average Bonchev–Trinajstić information content (AvgIpc) is 3.17. The van der Waals surface area contributed by atoms with Crippen molar-refractivity contribution < 1.29 is 17.9 Å². The molecule has 1 aliphatic rings. The van der Waals surface area contributed by atoms with Crippen molar-refractivity contribution >= 4 is 15.9 Å². The first-order chi connectivity index (χ1) is 13.0. The van der Waals surface area contributed by atoms with E-state index in [0.29, 0.717) is 24.5 Å². The first-order valence-electron chi connectivity index (χ1n) is 9.10. The Labute approximate surface area is 160 Å². The fourth-order valence-electron chi connectivity index (χ4n) is 3.24. The fraction of sp³-hybridized carbons (Fsp3) is 0.350. The summed E-state index contributed by atoms with van der Waals surface area (Å²) in [6, 6.07) is 15.1. The topological polar surface area (TPSA) is 75.7 Å². The van der Waals surface area contributed by atoms with Gasteiger partial charge in [-0.25, -0.2) is 8.42 Å². The molecule has 144 valence electrons. The number of nitrogens with one attached hydrogen (secondary N) is 1. The van der Waals surface area contributed by atoms with E-state index in [0.717, 1.165) is 12.8 Å². The van der Waals surface area contributed by atoms with Gasteiger partial charge >= 0.3 is 0 Å². The van der Waals surface area contributed by atoms with Crippen LogP contribution in [-0.4, -0.2) is 44.4 Å². The second-order valence-electron chi connectivity index (χ2n) is 6.39. The minimum absolute atomic E-state index is 0.220. The standard InChI is InChI=1S/C20H24N2O4S/c1-2-26-18-12-10-16(11-13-18)20(23)21-15-17-7-6-14-22(17)27(24,25)19-8-4-3-5-9-19/h3-5,8-13,17H,2,6-7,14-15H2,1H3,(H,21,23). The second-order valence-corrected chi connectivity index (χ2v) is 8.28. The van der Waals surface area contributed by atoms with Crippen molar-refractivity contribution in [2.24, 2.45) is 0 Å². The zero-order valence-corrected chi connectivity index (χ0v) is 16.1. The molecular formula is C20H24N2O4S. The number of hydrogen-bond acceptors (Lipinski definition) is 4. The summed E-state index contributed by atoms with van der Waals surface area (Å²) in [7, 11) is -3.55. The van der Waals surface area contributed by atoms with Crippen LogP contribution in [0.3, 0.4) is 0 Å². The second kappa shape index (κ2) is 8.54. The molecule has 1 aliphatic heterocycles. The lowest BCUT2D eigenvalue weighted by Gasteiger charge is -2.24. The Kier molecular flexibility index (Phi) is 6.13. The maximum absolute atomic E-state index is 12.9. The van der Waals surface area contributed by atoms with Gasteiger partial charge in [0.05, 0.1) is 11.5 Å². The fourth-order valence-corrected chi connectivity index (χ4v) is 4.95. The highest BCUT2D eigenvalue weighted by Gasteiger charge is 2.35. The van der Waals surface area contributed by atoms with Gasteiger partial charge in [0, 0.05) is 24.7 Å². The third-order valence-electron chi connectivity index (χ3n) is 4.60. The number of rotatable bonds is 7. The summed E-state index contributed by atoms with van der Waals surface area (Å²) in [5.74, 6) is 0.493. The molecule has 1 fully saturated rings. The Morgan fingerprint density at radius 1 is 1.15 bits per heavy atom. The minimum Gasteiger partial charge on any atom is -0.494 e. The summed E-state index contributed by atoms with van der Waals surface area (Å²) in [5.41, 5.74) is 0.522. The Balaban J connectivity index is 1.64. The average molecular weight is 388 g/mol. The molecule has 0 radical (unpaired) electrons. The third kappa shape index (κ3) is 4.48. The van der Waals surface area contributed by atoms with Crippen LogP contribution in [0.2, 0.25) is 0 Å². The van der Waals surface area contributed by atoms with E-state index in [2.05, 4.69) is 5.32 Å². The number of carbonyl (C=O) groups is 1. The molecule has 1 amide bonds. The van der Waals surface area contributed by atoms with Crippen LogP contribution >= 0.6 is 0 Å². The molecule has 1 saturated heterocycles. The molecular weight excluding hydrogens is 364 g/mol. The van der Waals surface area contributed by atoms with E-state index < -0.39 is 10.0 Å². The molecule has 0 spiro atoms. The van der Waals surface area contributed by atoms with Crippen LogP contribution in [0.15, 0.2) is 59.5 Å². The highest BCUT2D eigenvalue weighted by atomic mass is 32.2. The van der Waals surface area contributed by atoms with Crippen LogP contribution in [0.5, 0.6) is 5.75 Å². The number of amides is 1. The molecule has 1 heterocycles. The molecule has 6 nitrogen and oxygen atoms in total. The van der Waals surface area contributed by atoms with Crippen molar-refractivity contribution in [3.63, 3.8) is 0 Å². The van der Waals surface area contributed by atoms with Crippen molar-refractivity contribution in [3.8, 4) is 5.75 Å². The normalized spacial score (nSPS) is 17.6. The van der Waals surface area contributed by atoms with E-state index in [1.54, 1.807) is 54.6 Å². The lowest BCUT2D eigenvalue weighted by molar-refractivity contribution is 0.0946. The van der Waals surface area contributed by atoms with Crippen LogP contribution in [0, 0.1) is 0 Å². The zero-order valence-electron chi connectivity index (χ0n) is 15.3. The minimum atomic E-state index is -3.55. The number of benzene rings is 2. The Morgan fingerprint density at radius 3 is 2.52 bits per heavy atom. The summed E-state index contributed by atoms with van der Waals surface area (Å²) < 4.78 is 32.6. The SMILES string of the molecule is CCOc1ccc(C(=O)NCC2CCCN2S(=O)(=O)c2ccccc2)cc1. The van der Waals surface area contributed by atoms with Crippen molar-refractivity contribution in [1.82, 2.24) is 9.62 Å². The van der Waals surface area contributed by atoms with Crippen molar-refractivity contribution in [2.45, 2.75) is 30.7 Å². The Bertz CT molecular complexity index is 867. The quantitative estimate of drug-likeness (QED) is 0.791. The van der Waals surface area contributed by atoms with Crippen LogP contribution in [-0.2, 0) is 10.0 Å². The summed E-state index contributed by atoms with van der Waals surface area (Å²) in [4.78, 5) is 12.7. The van der Waals surface area contributed by atoms with Crippen molar-refractivity contribution in [2.75, 3.05) is 19.7 Å². The summed E-state index contributed by atoms with van der Waals surface area (Å²) in [5, 5.41) is 2.86. The van der Waals surface area contributed by atoms with E-state index in [-0.39, 0.29) is 23.4 Å². The van der Waals surface area contributed by atoms with Gasteiger partial charge in [0.15, 0.2) is 0 Å². The van der Waals surface area contributed by atoms with Crippen molar-refractivity contribution in [3.05, 3.63) is 60.2 Å². The van der Waals surface area contributed by atoms with Crippen LogP contribution in [0.25, 0.3) is 0 Å². The molecule has 1 N–H and O–H groups in total. The third-order valence-corrected chi connectivity index (χ3v) is 6.56. The van der Waals surface area contributed by atoms with Gasteiger partial charge in [-0.1, -0.05) is 18.2 Å². The number of ether oxygens (including phenoxy) is 1.